The molecule has 0 amide bonds. The summed E-state index contributed by atoms with van der Waals surface area (Å²) in [5.41, 5.74) is 0.373. The van der Waals surface area contributed by atoms with Gasteiger partial charge < -0.3 is 14.4 Å². The van der Waals surface area contributed by atoms with Crippen LogP contribution < -0.4 is 4.90 Å². The third kappa shape index (κ3) is 3.89. The van der Waals surface area contributed by atoms with Crippen molar-refractivity contribution in [1.82, 2.24) is 9.97 Å². The number of methoxy groups -OCH3 is 2. The van der Waals surface area contributed by atoms with Gasteiger partial charge >= 0.3 is 5.97 Å². The van der Waals surface area contributed by atoms with Crippen molar-refractivity contribution < 1.29 is 14.3 Å². The van der Waals surface area contributed by atoms with Gasteiger partial charge in [-0.15, -0.1) is 0 Å². The molecule has 0 fully saturated rings. The third-order valence-corrected chi connectivity index (χ3v) is 2.73. The summed E-state index contributed by atoms with van der Waals surface area (Å²) in [6.45, 7) is 7.07. The molecule has 19 heavy (non-hydrogen) atoms. The number of ether oxygens (including phenoxy) is 2. The molecular weight excluding hydrogens is 246 g/mol. The number of nitrogens with zero attached hydrogens (tertiary/aromatic N) is 3. The molecule has 1 heterocycles. The quantitative estimate of drug-likeness (QED) is 0.727. The number of carbonyl (C=O) groups excluding carboxylic acids is 1. The van der Waals surface area contributed by atoms with Crippen LogP contribution in [0.3, 0.4) is 0 Å². The van der Waals surface area contributed by atoms with Crippen LogP contribution in [-0.2, 0) is 9.47 Å². The number of esters is 1. The normalized spacial score (nSPS) is 10.6. The summed E-state index contributed by atoms with van der Waals surface area (Å²) in [7, 11) is 2.99. The molecule has 0 radical (unpaired) electrons. The van der Waals surface area contributed by atoms with Crippen LogP contribution in [0.5, 0.6) is 0 Å². The molecule has 6 heteroatoms. The topological polar surface area (TPSA) is 64.5 Å². The van der Waals surface area contributed by atoms with Crippen LogP contribution in [0.25, 0.3) is 0 Å². The summed E-state index contributed by atoms with van der Waals surface area (Å²) < 4.78 is 9.87. The van der Waals surface area contributed by atoms with E-state index in [-0.39, 0.29) is 6.04 Å². The standard InChI is InChI=1S/C13H21N3O3/c1-9(2)16(6-7-18-4)12-11(13(17)19-5)8-14-10(3)15-12/h8-9H,6-7H2,1-5H3. The van der Waals surface area contributed by atoms with E-state index < -0.39 is 5.97 Å². The minimum atomic E-state index is -0.432. The van der Waals surface area contributed by atoms with Crippen molar-refractivity contribution in [2.24, 2.45) is 0 Å². The predicted octanol–water partition coefficient (Wildman–Crippen LogP) is 1.43. The summed E-state index contributed by atoms with van der Waals surface area (Å²) in [6.07, 6.45) is 1.51. The summed E-state index contributed by atoms with van der Waals surface area (Å²) in [4.78, 5) is 22.2. The summed E-state index contributed by atoms with van der Waals surface area (Å²) >= 11 is 0. The Morgan fingerprint density at radius 3 is 2.63 bits per heavy atom. The van der Waals surface area contributed by atoms with E-state index in [1.54, 1.807) is 14.0 Å². The number of rotatable bonds is 6. The smallest absolute Gasteiger partial charge is 0.343 e. The van der Waals surface area contributed by atoms with Gasteiger partial charge in [-0.3, -0.25) is 0 Å². The van der Waals surface area contributed by atoms with Gasteiger partial charge in [0.25, 0.3) is 0 Å². The minimum absolute atomic E-state index is 0.188. The second-order valence-electron chi connectivity index (χ2n) is 4.43. The molecule has 1 aromatic rings. The molecule has 0 atom stereocenters. The monoisotopic (exact) mass is 267 g/mol. The molecule has 106 valence electrons. The molecule has 0 aliphatic heterocycles. The lowest BCUT2D eigenvalue weighted by Crippen LogP contribution is -2.36. The summed E-state index contributed by atoms with van der Waals surface area (Å²) in [5, 5.41) is 0. The number of aromatic nitrogens is 2. The Bertz CT molecular complexity index is 435. The van der Waals surface area contributed by atoms with Crippen LogP contribution in [0.1, 0.15) is 30.0 Å². The van der Waals surface area contributed by atoms with Crippen LogP contribution in [0, 0.1) is 6.92 Å². The highest BCUT2D eigenvalue weighted by Crippen LogP contribution is 2.20. The number of anilines is 1. The lowest BCUT2D eigenvalue weighted by atomic mass is 10.2. The molecule has 1 rings (SSSR count). The van der Waals surface area contributed by atoms with Crippen LogP contribution >= 0.6 is 0 Å². The van der Waals surface area contributed by atoms with E-state index in [2.05, 4.69) is 9.97 Å². The molecule has 0 bridgehead atoms. The fourth-order valence-corrected chi connectivity index (χ4v) is 1.73. The second kappa shape index (κ2) is 7.04. The van der Waals surface area contributed by atoms with Gasteiger partial charge in [-0.2, -0.15) is 0 Å². The molecule has 0 aromatic carbocycles. The van der Waals surface area contributed by atoms with Crippen molar-refractivity contribution in [3.8, 4) is 0 Å². The molecule has 0 saturated heterocycles. The molecule has 6 nitrogen and oxygen atoms in total. The van der Waals surface area contributed by atoms with E-state index in [0.717, 1.165) is 0 Å². The predicted molar refractivity (Wildman–Crippen MR) is 72.5 cm³/mol. The first-order valence-corrected chi connectivity index (χ1v) is 6.18. The van der Waals surface area contributed by atoms with Crippen molar-refractivity contribution in [1.29, 1.82) is 0 Å². The fourth-order valence-electron chi connectivity index (χ4n) is 1.73. The van der Waals surface area contributed by atoms with Gasteiger partial charge in [0.2, 0.25) is 0 Å². The zero-order valence-electron chi connectivity index (χ0n) is 12.1. The highest BCUT2D eigenvalue weighted by atomic mass is 16.5. The summed E-state index contributed by atoms with van der Waals surface area (Å²) in [5.74, 6) is 0.773. The molecule has 0 unspecified atom stereocenters. The number of aryl methyl sites for hydroxylation is 1. The van der Waals surface area contributed by atoms with E-state index in [9.17, 15) is 4.79 Å². The molecule has 0 aliphatic rings. The van der Waals surface area contributed by atoms with E-state index in [1.807, 2.05) is 18.7 Å². The zero-order chi connectivity index (χ0) is 14.4. The first kappa shape index (κ1) is 15.4. The van der Waals surface area contributed by atoms with Crippen molar-refractivity contribution in [3.05, 3.63) is 17.6 Å². The van der Waals surface area contributed by atoms with Crippen molar-refractivity contribution >= 4 is 11.8 Å². The van der Waals surface area contributed by atoms with Crippen LogP contribution in [0.2, 0.25) is 0 Å². The van der Waals surface area contributed by atoms with Gasteiger partial charge in [0.1, 0.15) is 17.2 Å². The van der Waals surface area contributed by atoms with Crippen LogP contribution in [-0.4, -0.2) is 49.4 Å². The van der Waals surface area contributed by atoms with Gasteiger partial charge in [-0.05, 0) is 20.8 Å². The maximum Gasteiger partial charge on any atom is 0.343 e. The minimum Gasteiger partial charge on any atom is -0.465 e. The van der Waals surface area contributed by atoms with E-state index in [0.29, 0.717) is 30.4 Å². The van der Waals surface area contributed by atoms with Gasteiger partial charge in [0.15, 0.2) is 0 Å². The van der Waals surface area contributed by atoms with Crippen molar-refractivity contribution in [2.75, 3.05) is 32.3 Å². The zero-order valence-corrected chi connectivity index (χ0v) is 12.1. The Labute approximate surface area is 113 Å². The summed E-state index contributed by atoms with van der Waals surface area (Å²) in [6, 6.07) is 0.188. The number of carbonyl (C=O) groups is 1. The van der Waals surface area contributed by atoms with E-state index in [4.69, 9.17) is 9.47 Å². The molecule has 0 saturated carbocycles. The van der Waals surface area contributed by atoms with Gasteiger partial charge in [0.05, 0.1) is 13.7 Å². The van der Waals surface area contributed by atoms with E-state index in [1.165, 1.54) is 13.3 Å². The molecule has 0 N–H and O–H groups in total. The Morgan fingerprint density at radius 1 is 1.42 bits per heavy atom. The van der Waals surface area contributed by atoms with Crippen LogP contribution in [0.4, 0.5) is 5.82 Å². The second-order valence-corrected chi connectivity index (χ2v) is 4.43. The Kier molecular flexibility index (Phi) is 5.69. The molecule has 0 aliphatic carbocycles. The fraction of sp³-hybridized carbons (Fsp3) is 0.615. The Hall–Kier alpha value is -1.69. The Balaban J connectivity index is 3.19. The maximum absolute atomic E-state index is 11.8. The van der Waals surface area contributed by atoms with Gasteiger partial charge in [0, 0.05) is 25.9 Å². The average molecular weight is 267 g/mol. The lowest BCUT2D eigenvalue weighted by molar-refractivity contribution is 0.0600. The molecular formula is C13H21N3O3. The SMILES string of the molecule is COCCN(c1nc(C)ncc1C(=O)OC)C(C)C. The first-order chi connectivity index (χ1) is 9.01. The largest absolute Gasteiger partial charge is 0.465 e. The Morgan fingerprint density at radius 2 is 2.11 bits per heavy atom. The van der Waals surface area contributed by atoms with E-state index >= 15 is 0 Å². The third-order valence-electron chi connectivity index (χ3n) is 2.73. The van der Waals surface area contributed by atoms with Gasteiger partial charge in [-0.1, -0.05) is 0 Å². The van der Waals surface area contributed by atoms with Crippen LogP contribution in [0.15, 0.2) is 6.20 Å². The first-order valence-electron chi connectivity index (χ1n) is 6.18. The molecule has 0 spiro atoms. The van der Waals surface area contributed by atoms with Crippen molar-refractivity contribution in [2.45, 2.75) is 26.8 Å². The highest BCUT2D eigenvalue weighted by Gasteiger charge is 2.21. The lowest BCUT2D eigenvalue weighted by Gasteiger charge is -2.28. The number of hydrogen-bond acceptors (Lipinski definition) is 6. The maximum atomic E-state index is 11.8. The highest BCUT2D eigenvalue weighted by molar-refractivity contribution is 5.94. The van der Waals surface area contributed by atoms with Gasteiger partial charge in [-0.25, -0.2) is 14.8 Å². The number of hydrogen-bond donors (Lipinski definition) is 0. The average Bonchev–Trinajstić information content (AvgIpc) is 2.38. The van der Waals surface area contributed by atoms with Crippen molar-refractivity contribution in [3.63, 3.8) is 0 Å². The molecule has 1 aromatic heterocycles.